The maximum Gasteiger partial charge on any atom is 0.416 e. The van der Waals surface area contributed by atoms with Crippen LogP contribution >= 0.6 is 24.2 Å². The number of rotatable bonds is 3. The van der Waals surface area contributed by atoms with E-state index in [0.29, 0.717) is 17.0 Å². The van der Waals surface area contributed by atoms with Crippen LogP contribution in [0.25, 0.3) is 0 Å². The molecule has 0 amide bonds. The van der Waals surface area contributed by atoms with Crippen molar-refractivity contribution in [2.75, 3.05) is 19.7 Å². The number of β-amino-alcohol motifs (C(OH)–C–C–N with tert-alkyl or cyclic N) is 1. The number of hydrogen-bond acceptors (Lipinski definition) is 5. The summed E-state index contributed by atoms with van der Waals surface area (Å²) in [4.78, 5) is 0.0577. The third kappa shape index (κ3) is 6.99. The van der Waals surface area contributed by atoms with Gasteiger partial charge in [0, 0.05) is 18.0 Å². The van der Waals surface area contributed by atoms with Gasteiger partial charge in [0.2, 0.25) is 10.0 Å². The van der Waals surface area contributed by atoms with Crippen molar-refractivity contribution in [1.82, 2.24) is 4.31 Å². The lowest BCUT2D eigenvalue weighted by Crippen LogP contribution is -2.38. The summed E-state index contributed by atoms with van der Waals surface area (Å²) in [5.74, 6) is 0. The molecule has 1 fully saturated rings. The van der Waals surface area contributed by atoms with Crippen LogP contribution < -0.4 is 0 Å². The Labute approximate surface area is 196 Å². The van der Waals surface area contributed by atoms with Crippen molar-refractivity contribution in [2.45, 2.75) is 34.2 Å². The molecule has 1 aliphatic rings. The Balaban J connectivity index is 0.000000294. The smallest absolute Gasteiger partial charge is 0.393 e. The van der Waals surface area contributed by atoms with Crippen molar-refractivity contribution < 1.29 is 45.0 Å². The van der Waals surface area contributed by atoms with E-state index in [1.165, 1.54) is 12.1 Å². The number of thiol groups is 1. The number of alkyl halides is 6. The van der Waals surface area contributed by atoms with Crippen LogP contribution in [0.3, 0.4) is 0 Å². The van der Waals surface area contributed by atoms with Crippen molar-refractivity contribution in [1.29, 1.82) is 0 Å². The van der Waals surface area contributed by atoms with Crippen molar-refractivity contribution in [3.63, 3.8) is 0 Å². The number of aliphatic hydroxyl groups is 2. The Kier molecular flexibility index (Phi) is 8.40. The van der Waals surface area contributed by atoms with E-state index in [1.54, 1.807) is 0 Å². The molecule has 2 aromatic rings. The third-order valence-electron chi connectivity index (χ3n) is 4.66. The highest BCUT2D eigenvalue weighted by molar-refractivity contribution is 7.89. The van der Waals surface area contributed by atoms with Crippen molar-refractivity contribution in [3.05, 3.63) is 58.6 Å². The van der Waals surface area contributed by atoms with Crippen LogP contribution in [0.15, 0.2) is 52.3 Å². The largest absolute Gasteiger partial charge is 0.416 e. The molecule has 0 bridgehead atoms. The van der Waals surface area contributed by atoms with E-state index in [2.05, 4.69) is 12.6 Å². The molecule has 1 atom stereocenters. The number of sulfonamides is 1. The minimum Gasteiger partial charge on any atom is -0.393 e. The predicted molar refractivity (Wildman–Crippen MR) is 111 cm³/mol. The predicted octanol–water partition coefficient (Wildman–Crippen LogP) is 4.47. The Morgan fingerprint density at radius 3 is 1.94 bits per heavy atom. The van der Waals surface area contributed by atoms with Crippen LogP contribution in [-0.2, 0) is 22.4 Å². The summed E-state index contributed by atoms with van der Waals surface area (Å²) in [5, 5.41) is 18.4. The molecule has 2 aromatic carbocycles. The average Bonchev–Trinajstić information content (AvgIpc) is 3.11. The second-order valence-electron chi connectivity index (χ2n) is 7.16. The molecule has 5 nitrogen and oxygen atoms in total. The fourth-order valence-corrected chi connectivity index (χ4v) is 5.02. The number of aliphatic hydroxyl groups excluding tert-OH is 1. The third-order valence-corrected chi connectivity index (χ3v) is 7.29. The van der Waals surface area contributed by atoms with Gasteiger partial charge < -0.3 is 10.2 Å². The van der Waals surface area contributed by atoms with Gasteiger partial charge in [-0.15, -0.1) is 12.6 Å². The lowest BCUT2D eigenvalue weighted by atomic mass is 10.1. The molecule has 33 heavy (non-hydrogen) atoms. The van der Waals surface area contributed by atoms with E-state index in [-0.39, 0.29) is 19.5 Å². The van der Waals surface area contributed by atoms with Gasteiger partial charge in [-0.3, -0.25) is 0 Å². The first kappa shape index (κ1) is 27.7. The topological polar surface area (TPSA) is 77.8 Å². The average molecular weight is 538 g/mol. The molecule has 0 aromatic heterocycles. The molecule has 0 spiro atoms. The Morgan fingerprint density at radius 1 is 1.00 bits per heavy atom. The van der Waals surface area contributed by atoms with E-state index in [9.17, 15) is 39.9 Å². The highest BCUT2D eigenvalue weighted by atomic mass is 35.5. The first-order valence-corrected chi connectivity index (χ1v) is 11.3. The molecule has 1 aliphatic heterocycles. The molecule has 0 aliphatic carbocycles. The van der Waals surface area contributed by atoms with Crippen molar-refractivity contribution >= 4 is 34.3 Å². The fraction of sp³-hybridized carbons (Fsp3) is 0.368. The van der Waals surface area contributed by atoms with E-state index in [4.69, 9.17) is 16.7 Å². The SMILES string of the molecule is FC(F)(F)c1ccc(S)cc1.O=S(=O)(c1ccc(C(F)(F)F)cc1Cl)N1CCC(O)(CO)C1. The van der Waals surface area contributed by atoms with Gasteiger partial charge >= 0.3 is 12.4 Å². The summed E-state index contributed by atoms with van der Waals surface area (Å²) < 4.78 is 99.0. The standard InChI is InChI=1S/C12H13ClF3NO4S.C7H5F3S/c13-9-5-8(12(14,15)16)1-2-10(9)22(20,21)17-4-3-11(19,6-17)7-18;8-7(9,10)5-1-3-6(11)4-2-5/h1-2,5,18-19H,3-4,6-7H2;1-4,11H. The molecule has 2 N–H and O–H groups in total. The zero-order valence-corrected chi connectivity index (χ0v) is 19.0. The highest BCUT2D eigenvalue weighted by Gasteiger charge is 2.42. The Hall–Kier alpha value is -1.51. The molecular weight excluding hydrogens is 520 g/mol. The van der Waals surface area contributed by atoms with Crippen LogP contribution in [0, 0.1) is 0 Å². The molecular formula is C19H18ClF6NO4S2. The van der Waals surface area contributed by atoms with Crippen LogP contribution in [-0.4, -0.2) is 48.2 Å². The minimum absolute atomic E-state index is 0.0288. The maximum absolute atomic E-state index is 12.6. The van der Waals surface area contributed by atoms with Gasteiger partial charge in [0.15, 0.2) is 0 Å². The van der Waals surface area contributed by atoms with Crippen molar-refractivity contribution in [3.8, 4) is 0 Å². The molecule has 14 heteroatoms. The van der Waals surface area contributed by atoms with Crippen LogP contribution in [0.1, 0.15) is 17.5 Å². The van der Waals surface area contributed by atoms with Gasteiger partial charge in [-0.05, 0) is 48.9 Å². The van der Waals surface area contributed by atoms with Crippen LogP contribution in [0.2, 0.25) is 5.02 Å². The molecule has 3 rings (SSSR count). The summed E-state index contributed by atoms with van der Waals surface area (Å²) in [6, 6.07) is 6.59. The minimum atomic E-state index is -4.63. The highest BCUT2D eigenvalue weighted by Crippen LogP contribution is 2.35. The van der Waals surface area contributed by atoms with E-state index in [0.717, 1.165) is 22.5 Å². The number of halogens is 7. The Bertz CT molecular complexity index is 1080. The van der Waals surface area contributed by atoms with E-state index < -0.39 is 55.6 Å². The number of hydrogen-bond donors (Lipinski definition) is 3. The summed E-state index contributed by atoms with van der Waals surface area (Å²) in [6.07, 6.45) is -8.85. The van der Waals surface area contributed by atoms with Gasteiger partial charge in [-0.2, -0.15) is 30.6 Å². The molecule has 0 saturated carbocycles. The molecule has 184 valence electrons. The number of benzene rings is 2. The quantitative estimate of drug-likeness (QED) is 0.399. The first-order chi connectivity index (χ1) is 15.0. The molecule has 1 unspecified atom stereocenters. The number of nitrogens with zero attached hydrogens (tertiary/aromatic N) is 1. The summed E-state index contributed by atoms with van der Waals surface area (Å²) in [5.41, 5.74) is -3.24. The lowest BCUT2D eigenvalue weighted by molar-refractivity contribution is -0.138. The van der Waals surface area contributed by atoms with Crippen LogP contribution in [0.5, 0.6) is 0 Å². The zero-order valence-electron chi connectivity index (χ0n) is 16.5. The summed E-state index contributed by atoms with van der Waals surface area (Å²) in [6.45, 7) is -1.01. The summed E-state index contributed by atoms with van der Waals surface area (Å²) in [7, 11) is -4.15. The lowest BCUT2D eigenvalue weighted by Gasteiger charge is -2.21. The first-order valence-electron chi connectivity index (χ1n) is 9.06. The van der Waals surface area contributed by atoms with Gasteiger partial charge in [0.05, 0.1) is 22.8 Å². The Morgan fingerprint density at radius 2 is 1.52 bits per heavy atom. The van der Waals surface area contributed by atoms with Crippen LogP contribution in [0.4, 0.5) is 26.3 Å². The maximum atomic E-state index is 12.6. The van der Waals surface area contributed by atoms with Gasteiger partial charge in [-0.1, -0.05) is 11.6 Å². The van der Waals surface area contributed by atoms with Crippen molar-refractivity contribution in [2.24, 2.45) is 0 Å². The van der Waals surface area contributed by atoms with E-state index in [1.807, 2.05) is 0 Å². The monoisotopic (exact) mass is 537 g/mol. The van der Waals surface area contributed by atoms with E-state index >= 15 is 0 Å². The molecule has 1 saturated heterocycles. The second kappa shape index (κ2) is 10.0. The fourth-order valence-electron chi connectivity index (χ4n) is 2.83. The normalized spacial score (nSPS) is 19.8. The van der Waals surface area contributed by atoms with Gasteiger partial charge in [-0.25, -0.2) is 8.42 Å². The zero-order chi connectivity index (χ0) is 25.2. The molecule has 1 heterocycles. The second-order valence-corrected chi connectivity index (χ2v) is 9.99. The molecule has 0 radical (unpaired) electrons. The summed E-state index contributed by atoms with van der Waals surface area (Å²) >= 11 is 9.55. The van der Waals surface area contributed by atoms with Gasteiger partial charge in [0.25, 0.3) is 0 Å². The van der Waals surface area contributed by atoms with Gasteiger partial charge in [0.1, 0.15) is 10.5 Å².